The summed E-state index contributed by atoms with van der Waals surface area (Å²) in [5.41, 5.74) is 0. The standard InChI is InChI=1S/C5H12O4/c6-1-2-9-4-5(8)3-7/h5-8H,1-4H2/t5-/m0/s1. The third kappa shape index (κ3) is 5.72. The Labute approximate surface area is 53.7 Å². The summed E-state index contributed by atoms with van der Waals surface area (Å²) in [6.07, 6.45) is -0.823. The van der Waals surface area contributed by atoms with Crippen molar-refractivity contribution in [1.29, 1.82) is 0 Å². The van der Waals surface area contributed by atoms with E-state index in [0.29, 0.717) is 0 Å². The second-order valence-corrected chi connectivity index (χ2v) is 1.63. The zero-order valence-corrected chi connectivity index (χ0v) is 5.16. The van der Waals surface area contributed by atoms with Crippen LogP contribution in [0.25, 0.3) is 0 Å². The van der Waals surface area contributed by atoms with Gasteiger partial charge in [0.25, 0.3) is 0 Å². The molecule has 3 N–H and O–H groups in total. The molecule has 1 atom stereocenters. The summed E-state index contributed by atoms with van der Waals surface area (Å²) >= 11 is 0. The van der Waals surface area contributed by atoms with E-state index in [4.69, 9.17) is 15.3 Å². The topological polar surface area (TPSA) is 69.9 Å². The van der Waals surface area contributed by atoms with Gasteiger partial charge in [-0.05, 0) is 0 Å². The molecule has 0 aliphatic heterocycles. The van der Waals surface area contributed by atoms with Gasteiger partial charge in [0, 0.05) is 0 Å². The summed E-state index contributed by atoms with van der Waals surface area (Å²) in [6, 6.07) is 0. The highest BCUT2D eigenvalue weighted by atomic mass is 16.5. The Bertz CT molecular complexity index is 56.9. The van der Waals surface area contributed by atoms with E-state index in [9.17, 15) is 0 Å². The second kappa shape index (κ2) is 5.97. The van der Waals surface area contributed by atoms with Crippen LogP contribution in [-0.2, 0) is 4.74 Å². The molecule has 4 heteroatoms. The van der Waals surface area contributed by atoms with Crippen LogP contribution in [0.3, 0.4) is 0 Å². The zero-order chi connectivity index (χ0) is 7.11. The van der Waals surface area contributed by atoms with Gasteiger partial charge in [0.15, 0.2) is 0 Å². The lowest BCUT2D eigenvalue weighted by atomic mass is 10.4. The first-order valence-electron chi connectivity index (χ1n) is 2.78. The van der Waals surface area contributed by atoms with Gasteiger partial charge < -0.3 is 20.1 Å². The van der Waals surface area contributed by atoms with Crippen molar-refractivity contribution in [3.05, 3.63) is 0 Å². The van der Waals surface area contributed by atoms with Crippen LogP contribution in [0.1, 0.15) is 0 Å². The van der Waals surface area contributed by atoms with Crippen LogP contribution in [0.15, 0.2) is 0 Å². The van der Waals surface area contributed by atoms with Crippen molar-refractivity contribution < 1.29 is 20.1 Å². The molecular formula is C5H12O4. The molecule has 0 saturated carbocycles. The molecule has 0 aliphatic carbocycles. The van der Waals surface area contributed by atoms with Crippen molar-refractivity contribution in [2.45, 2.75) is 6.10 Å². The minimum absolute atomic E-state index is 0.0574. The maximum absolute atomic E-state index is 8.63. The van der Waals surface area contributed by atoms with Gasteiger partial charge in [-0.1, -0.05) is 0 Å². The number of hydrogen-bond acceptors (Lipinski definition) is 4. The first kappa shape index (κ1) is 8.84. The Morgan fingerprint density at radius 1 is 1.33 bits per heavy atom. The van der Waals surface area contributed by atoms with E-state index in [1.807, 2.05) is 0 Å². The lowest BCUT2D eigenvalue weighted by Gasteiger charge is -2.05. The van der Waals surface area contributed by atoms with Gasteiger partial charge >= 0.3 is 0 Å². The summed E-state index contributed by atoms with van der Waals surface area (Å²) in [4.78, 5) is 0. The molecule has 0 aromatic rings. The lowest BCUT2D eigenvalue weighted by Crippen LogP contribution is -2.20. The van der Waals surface area contributed by atoms with Crippen molar-refractivity contribution in [3.8, 4) is 0 Å². The molecule has 0 fully saturated rings. The van der Waals surface area contributed by atoms with E-state index in [2.05, 4.69) is 4.74 Å². The normalized spacial score (nSPS) is 13.7. The molecule has 0 spiro atoms. The van der Waals surface area contributed by atoms with E-state index in [1.54, 1.807) is 0 Å². The average molecular weight is 136 g/mol. The fourth-order valence-electron chi connectivity index (χ4n) is 0.337. The first-order chi connectivity index (χ1) is 4.31. The highest BCUT2D eigenvalue weighted by Crippen LogP contribution is 1.81. The molecule has 0 amide bonds. The molecule has 9 heavy (non-hydrogen) atoms. The van der Waals surface area contributed by atoms with Crippen molar-refractivity contribution in [2.75, 3.05) is 26.4 Å². The van der Waals surface area contributed by atoms with Crippen LogP contribution < -0.4 is 0 Å². The molecule has 0 unspecified atom stereocenters. The largest absolute Gasteiger partial charge is 0.394 e. The third-order valence-electron chi connectivity index (χ3n) is 0.757. The van der Waals surface area contributed by atoms with Crippen LogP contribution in [-0.4, -0.2) is 47.9 Å². The SMILES string of the molecule is OCCOC[C@@H](O)CO. The Kier molecular flexibility index (Phi) is 5.86. The molecule has 0 heterocycles. The fourth-order valence-corrected chi connectivity index (χ4v) is 0.337. The summed E-state index contributed by atoms with van der Waals surface area (Å²) in [6.45, 7) is -0.0717. The first-order valence-corrected chi connectivity index (χ1v) is 2.78. The van der Waals surface area contributed by atoms with Crippen molar-refractivity contribution in [1.82, 2.24) is 0 Å². The van der Waals surface area contributed by atoms with E-state index in [1.165, 1.54) is 0 Å². The van der Waals surface area contributed by atoms with Gasteiger partial charge in [-0.3, -0.25) is 0 Å². The number of aliphatic hydroxyl groups excluding tert-OH is 3. The molecule has 4 nitrogen and oxygen atoms in total. The van der Waals surface area contributed by atoms with Gasteiger partial charge in [-0.15, -0.1) is 0 Å². The monoisotopic (exact) mass is 136 g/mol. The molecule has 0 radical (unpaired) electrons. The van der Waals surface area contributed by atoms with Crippen molar-refractivity contribution in [2.24, 2.45) is 0 Å². The molecule has 0 aliphatic rings. The predicted octanol–water partition coefficient (Wildman–Crippen LogP) is -1.65. The van der Waals surface area contributed by atoms with Crippen LogP contribution in [0.2, 0.25) is 0 Å². The zero-order valence-electron chi connectivity index (χ0n) is 5.16. The molecule has 0 rings (SSSR count). The molecule has 56 valence electrons. The lowest BCUT2D eigenvalue weighted by molar-refractivity contribution is -0.00361. The fraction of sp³-hybridized carbons (Fsp3) is 1.00. The van der Waals surface area contributed by atoms with Gasteiger partial charge in [0.2, 0.25) is 0 Å². The van der Waals surface area contributed by atoms with Gasteiger partial charge in [-0.2, -0.15) is 0 Å². The van der Waals surface area contributed by atoms with E-state index in [-0.39, 0.29) is 26.4 Å². The molecular weight excluding hydrogens is 124 g/mol. The van der Waals surface area contributed by atoms with Crippen LogP contribution >= 0.6 is 0 Å². The maximum Gasteiger partial charge on any atom is 0.100 e. The van der Waals surface area contributed by atoms with Crippen molar-refractivity contribution in [3.63, 3.8) is 0 Å². The highest BCUT2D eigenvalue weighted by Gasteiger charge is 1.99. The quantitative estimate of drug-likeness (QED) is 0.396. The van der Waals surface area contributed by atoms with Crippen LogP contribution in [0.4, 0.5) is 0 Å². The molecule has 0 bridgehead atoms. The molecule has 0 aromatic carbocycles. The van der Waals surface area contributed by atoms with Gasteiger partial charge in [0.05, 0.1) is 26.4 Å². The highest BCUT2D eigenvalue weighted by molar-refractivity contribution is 4.47. The van der Waals surface area contributed by atoms with Crippen molar-refractivity contribution >= 4 is 0 Å². The Morgan fingerprint density at radius 2 is 2.00 bits per heavy atom. The second-order valence-electron chi connectivity index (χ2n) is 1.63. The summed E-state index contributed by atoms with van der Waals surface area (Å²) < 4.78 is 4.68. The van der Waals surface area contributed by atoms with E-state index in [0.717, 1.165) is 0 Å². The Balaban J connectivity index is 2.88. The minimum atomic E-state index is -0.823. The minimum Gasteiger partial charge on any atom is -0.394 e. The molecule has 0 saturated heterocycles. The number of hydrogen-bond donors (Lipinski definition) is 3. The van der Waals surface area contributed by atoms with Gasteiger partial charge in [-0.25, -0.2) is 0 Å². The third-order valence-corrected chi connectivity index (χ3v) is 0.757. The molecule has 0 aromatic heterocycles. The average Bonchev–Trinajstić information content (AvgIpc) is 1.89. The number of ether oxygens (including phenoxy) is 1. The van der Waals surface area contributed by atoms with Crippen LogP contribution in [0.5, 0.6) is 0 Å². The van der Waals surface area contributed by atoms with Crippen LogP contribution in [0, 0.1) is 0 Å². The number of aliphatic hydroxyl groups is 3. The van der Waals surface area contributed by atoms with E-state index >= 15 is 0 Å². The number of rotatable bonds is 5. The Hall–Kier alpha value is -0.160. The summed E-state index contributed by atoms with van der Waals surface area (Å²) in [5.74, 6) is 0. The maximum atomic E-state index is 8.63. The van der Waals surface area contributed by atoms with Gasteiger partial charge in [0.1, 0.15) is 6.10 Å². The van der Waals surface area contributed by atoms with E-state index < -0.39 is 6.10 Å². The predicted molar refractivity (Wildman–Crippen MR) is 31.0 cm³/mol. The smallest absolute Gasteiger partial charge is 0.100 e. The Morgan fingerprint density at radius 3 is 2.44 bits per heavy atom. The summed E-state index contributed by atoms with van der Waals surface area (Å²) in [5, 5.41) is 25.1. The summed E-state index contributed by atoms with van der Waals surface area (Å²) in [7, 11) is 0.